The summed E-state index contributed by atoms with van der Waals surface area (Å²) in [5.74, 6) is -1.12. The van der Waals surface area contributed by atoms with E-state index in [9.17, 15) is 10.2 Å². The Hall–Kier alpha value is -5.36. The summed E-state index contributed by atoms with van der Waals surface area (Å²) in [6, 6.07) is 49.9. The summed E-state index contributed by atoms with van der Waals surface area (Å²) >= 11 is 0. The van der Waals surface area contributed by atoms with Gasteiger partial charge in [-0.25, -0.2) is 0 Å². The first-order valence-electron chi connectivity index (χ1n) is 17.7. The van der Waals surface area contributed by atoms with Crippen LogP contribution in [0, 0.1) is 0 Å². The molecular weight excluding hydrogens is 629 g/mol. The largest absolute Gasteiger partial charge is 0.377 e. The molecule has 2 N–H and O–H groups in total. The molecule has 0 unspecified atom stereocenters. The summed E-state index contributed by atoms with van der Waals surface area (Å²) in [5, 5.41) is 36.1. The third-order valence-corrected chi connectivity index (χ3v) is 11.8. The molecule has 1 fully saturated rings. The van der Waals surface area contributed by atoms with E-state index in [2.05, 4.69) is 97.1 Å². The van der Waals surface area contributed by atoms with Crippen LogP contribution in [0.15, 0.2) is 146 Å². The van der Waals surface area contributed by atoms with Gasteiger partial charge in [0.05, 0.1) is 0 Å². The molecular formula is C47H34O4. The normalized spacial score (nSPS) is 20.5. The van der Waals surface area contributed by atoms with Gasteiger partial charge in [-0.1, -0.05) is 146 Å². The van der Waals surface area contributed by atoms with Gasteiger partial charge in [0.2, 0.25) is 0 Å². The molecule has 0 saturated carbocycles. The molecule has 1 saturated heterocycles. The molecule has 3 aliphatic rings. The minimum Gasteiger partial charge on any atom is -0.377 e. The van der Waals surface area contributed by atoms with E-state index < -0.39 is 29.2 Å². The molecule has 11 rings (SSSR count). The Morgan fingerprint density at radius 1 is 0.373 bits per heavy atom. The van der Waals surface area contributed by atoms with Crippen LogP contribution in [0.2, 0.25) is 0 Å². The van der Waals surface area contributed by atoms with E-state index in [1.165, 1.54) is 0 Å². The van der Waals surface area contributed by atoms with E-state index >= 15 is 0 Å². The predicted octanol–water partition coefficient (Wildman–Crippen LogP) is 9.95. The Balaban J connectivity index is 1.23. The van der Waals surface area contributed by atoms with Crippen LogP contribution < -0.4 is 0 Å². The maximum atomic E-state index is 13.7. The van der Waals surface area contributed by atoms with E-state index in [-0.39, 0.29) is 0 Å². The molecule has 1 aliphatic heterocycles. The molecule has 0 bridgehead atoms. The Kier molecular flexibility index (Phi) is 5.71. The Bertz CT molecular complexity index is 2430. The molecule has 2 atom stereocenters. The molecule has 0 amide bonds. The van der Waals surface area contributed by atoms with Crippen molar-refractivity contribution in [3.8, 4) is 22.3 Å². The van der Waals surface area contributed by atoms with E-state index in [4.69, 9.17) is 9.47 Å². The number of rotatable bonds is 2. The number of fused-ring (bicyclic) bond motifs is 14. The molecule has 0 spiro atoms. The highest BCUT2D eigenvalue weighted by molar-refractivity contribution is 6.12. The predicted molar refractivity (Wildman–Crippen MR) is 204 cm³/mol. The van der Waals surface area contributed by atoms with Crippen LogP contribution in [0.5, 0.6) is 0 Å². The molecule has 246 valence electrons. The van der Waals surface area contributed by atoms with Gasteiger partial charge in [-0.05, 0) is 101 Å². The van der Waals surface area contributed by atoms with Crippen molar-refractivity contribution >= 4 is 43.1 Å². The molecule has 4 nitrogen and oxygen atoms in total. The van der Waals surface area contributed by atoms with E-state index in [0.717, 1.165) is 87.6 Å². The van der Waals surface area contributed by atoms with E-state index in [0.29, 0.717) is 0 Å². The van der Waals surface area contributed by atoms with Crippen LogP contribution in [0.25, 0.3) is 65.3 Å². The van der Waals surface area contributed by atoms with Crippen molar-refractivity contribution in [2.45, 2.75) is 43.0 Å². The van der Waals surface area contributed by atoms with Crippen molar-refractivity contribution in [3.05, 3.63) is 168 Å². The standard InChI is InChI=1S/C47H34O4/c1-45(2)50-43(46(48)35-23-19-27-11-3-7-15-31(27)39(35)40-32-16-8-4-12-28(32)20-24-36(40)46)44(51-45)47(49)37-25-21-29-13-5-9-17-33(29)41(37)42-34-18-10-6-14-30(34)22-26-38(42)47/h3-26,43-44,48-49H,1-2H3/t43-,44-/m1/s1. The second-order valence-electron chi connectivity index (χ2n) is 14.8. The summed E-state index contributed by atoms with van der Waals surface area (Å²) in [4.78, 5) is 0. The van der Waals surface area contributed by atoms with Gasteiger partial charge in [0, 0.05) is 0 Å². The Labute approximate surface area is 295 Å². The molecule has 0 radical (unpaired) electrons. The topological polar surface area (TPSA) is 58.9 Å². The summed E-state index contributed by atoms with van der Waals surface area (Å²) in [5.41, 5.74) is 3.65. The van der Waals surface area contributed by atoms with Gasteiger partial charge in [0.15, 0.2) is 5.79 Å². The van der Waals surface area contributed by atoms with Crippen molar-refractivity contribution in [3.63, 3.8) is 0 Å². The molecule has 8 aromatic rings. The molecule has 4 heteroatoms. The van der Waals surface area contributed by atoms with Crippen molar-refractivity contribution < 1.29 is 19.7 Å². The van der Waals surface area contributed by atoms with Crippen molar-refractivity contribution in [2.24, 2.45) is 0 Å². The molecule has 8 aromatic carbocycles. The van der Waals surface area contributed by atoms with E-state index in [1.54, 1.807) is 0 Å². The van der Waals surface area contributed by atoms with Gasteiger partial charge in [0.25, 0.3) is 0 Å². The lowest BCUT2D eigenvalue weighted by molar-refractivity contribution is -0.171. The third-order valence-electron chi connectivity index (χ3n) is 11.8. The summed E-state index contributed by atoms with van der Waals surface area (Å²) in [6.07, 6.45) is -1.98. The number of hydrogen-bond donors (Lipinski definition) is 2. The average molecular weight is 663 g/mol. The zero-order chi connectivity index (χ0) is 34.3. The lowest BCUT2D eigenvalue weighted by atomic mass is 9.74. The van der Waals surface area contributed by atoms with E-state index in [1.807, 2.05) is 62.4 Å². The molecule has 2 aliphatic carbocycles. The van der Waals surface area contributed by atoms with Gasteiger partial charge in [-0.2, -0.15) is 0 Å². The van der Waals surface area contributed by atoms with Gasteiger partial charge >= 0.3 is 0 Å². The van der Waals surface area contributed by atoms with Crippen molar-refractivity contribution in [1.29, 1.82) is 0 Å². The van der Waals surface area contributed by atoms with Crippen LogP contribution in [-0.2, 0) is 20.7 Å². The molecule has 51 heavy (non-hydrogen) atoms. The average Bonchev–Trinajstić information content (AvgIpc) is 3.75. The van der Waals surface area contributed by atoms with Crippen molar-refractivity contribution in [2.75, 3.05) is 0 Å². The quantitative estimate of drug-likeness (QED) is 0.194. The summed E-state index contributed by atoms with van der Waals surface area (Å²) in [7, 11) is 0. The zero-order valence-electron chi connectivity index (χ0n) is 28.2. The van der Waals surface area contributed by atoms with Gasteiger partial charge in [-0.3, -0.25) is 0 Å². The Morgan fingerprint density at radius 2 is 0.627 bits per heavy atom. The monoisotopic (exact) mass is 662 g/mol. The number of aliphatic hydroxyl groups is 2. The smallest absolute Gasteiger partial charge is 0.164 e. The Morgan fingerprint density at radius 3 is 0.902 bits per heavy atom. The molecule has 0 aromatic heterocycles. The summed E-state index contributed by atoms with van der Waals surface area (Å²) < 4.78 is 13.9. The lowest BCUT2D eigenvalue weighted by Crippen LogP contribution is -2.53. The van der Waals surface area contributed by atoms with Crippen LogP contribution in [-0.4, -0.2) is 28.2 Å². The zero-order valence-corrected chi connectivity index (χ0v) is 28.2. The molecule has 1 heterocycles. The number of ether oxygens (including phenoxy) is 2. The van der Waals surface area contributed by atoms with Crippen LogP contribution >= 0.6 is 0 Å². The van der Waals surface area contributed by atoms with Crippen LogP contribution in [0.3, 0.4) is 0 Å². The van der Waals surface area contributed by atoms with Crippen molar-refractivity contribution in [1.82, 2.24) is 0 Å². The highest BCUT2D eigenvalue weighted by Crippen LogP contribution is 2.62. The minimum atomic E-state index is -1.66. The number of benzene rings is 8. The fourth-order valence-electron chi connectivity index (χ4n) is 9.71. The third kappa shape index (κ3) is 3.67. The van der Waals surface area contributed by atoms with Gasteiger partial charge in [-0.15, -0.1) is 0 Å². The fourth-order valence-corrected chi connectivity index (χ4v) is 9.71. The first-order valence-corrected chi connectivity index (χ1v) is 17.7. The summed E-state index contributed by atoms with van der Waals surface area (Å²) in [6.45, 7) is 3.75. The highest BCUT2D eigenvalue weighted by atomic mass is 16.8. The highest BCUT2D eigenvalue weighted by Gasteiger charge is 2.65. The maximum Gasteiger partial charge on any atom is 0.164 e. The van der Waals surface area contributed by atoms with Gasteiger partial charge in [0.1, 0.15) is 23.4 Å². The van der Waals surface area contributed by atoms with Crippen LogP contribution in [0.4, 0.5) is 0 Å². The minimum absolute atomic E-state index is 0.753. The SMILES string of the molecule is CC1(C)O[C@@H](C2(O)c3ccc4ccccc4c3-c3c2ccc2ccccc32)[C@H](C2(O)c3ccc4ccccc4c3-c3c2ccc2ccccc32)O1. The maximum absolute atomic E-state index is 13.7. The first kappa shape index (κ1) is 29.4. The second-order valence-corrected chi connectivity index (χ2v) is 14.8. The fraction of sp³-hybridized carbons (Fsp3) is 0.149. The van der Waals surface area contributed by atoms with Gasteiger partial charge < -0.3 is 19.7 Å². The van der Waals surface area contributed by atoms with Crippen LogP contribution in [0.1, 0.15) is 36.1 Å². The first-order chi connectivity index (χ1) is 24.8. The lowest BCUT2D eigenvalue weighted by Gasteiger charge is -2.40. The second kappa shape index (κ2) is 9.91. The number of hydrogen-bond acceptors (Lipinski definition) is 4.